The lowest BCUT2D eigenvalue weighted by molar-refractivity contribution is 0.628. The van der Waals surface area contributed by atoms with Crippen LogP contribution >= 0.6 is 0 Å². The zero-order valence-corrected chi connectivity index (χ0v) is 12.2. The van der Waals surface area contributed by atoms with Crippen LogP contribution in [0.15, 0.2) is 36.5 Å². The molecule has 0 aliphatic carbocycles. The van der Waals surface area contributed by atoms with E-state index in [1.54, 1.807) is 6.07 Å². The predicted octanol–water partition coefficient (Wildman–Crippen LogP) is 3.41. The summed E-state index contributed by atoms with van der Waals surface area (Å²) in [4.78, 5) is 6.40. The first-order chi connectivity index (χ1) is 9.61. The lowest BCUT2D eigenvalue weighted by atomic mass is 10.2. The second-order valence-corrected chi connectivity index (χ2v) is 4.80. The molecule has 1 N–H and O–H groups in total. The fraction of sp³-hybridized carbons (Fsp3) is 0.312. The molecule has 3 nitrogen and oxygen atoms in total. The summed E-state index contributed by atoms with van der Waals surface area (Å²) >= 11 is 0. The van der Waals surface area contributed by atoms with Gasteiger partial charge in [0, 0.05) is 25.5 Å². The summed E-state index contributed by atoms with van der Waals surface area (Å²) in [7, 11) is 1.90. The number of aromatic nitrogens is 1. The Balaban J connectivity index is 2.24. The summed E-state index contributed by atoms with van der Waals surface area (Å²) in [6, 6.07) is 8.64. The number of aryl methyl sites for hydroxylation is 1. The maximum absolute atomic E-state index is 13.3. The van der Waals surface area contributed by atoms with Gasteiger partial charge in [0.05, 0.1) is 0 Å². The minimum Gasteiger partial charge on any atom is -0.329 e. The van der Waals surface area contributed by atoms with E-state index in [-0.39, 0.29) is 5.82 Å². The lowest BCUT2D eigenvalue weighted by Gasteiger charge is -2.21. The number of halogens is 1. The van der Waals surface area contributed by atoms with Gasteiger partial charge >= 0.3 is 0 Å². The Labute approximate surface area is 119 Å². The molecule has 1 heterocycles. The highest BCUT2D eigenvalue weighted by Crippen LogP contribution is 2.25. The second-order valence-electron chi connectivity index (χ2n) is 4.80. The van der Waals surface area contributed by atoms with E-state index in [1.165, 1.54) is 12.1 Å². The molecule has 2 rings (SSSR count). The highest BCUT2D eigenvalue weighted by atomic mass is 19.1. The SMILES string of the molecule is CCNCc1cnc(N(C)c2cccc(F)c2)c(C)c1. The topological polar surface area (TPSA) is 28.2 Å². The average Bonchev–Trinajstić information content (AvgIpc) is 2.44. The van der Waals surface area contributed by atoms with Gasteiger partial charge in [0.25, 0.3) is 0 Å². The van der Waals surface area contributed by atoms with Crippen LogP contribution in [0.25, 0.3) is 0 Å². The van der Waals surface area contributed by atoms with Crippen molar-refractivity contribution in [1.82, 2.24) is 10.3 Å². The standard InChI is InChI=1S/C16H20FN3/c1-4-18-10-13-8-12(2)16(19-11-13)20(3)15-7-5-6-14(17)9-15/h5-9,11,18H,4,10H2,1-3H3. The van der Waals surface area contributed by atoms with Crippen LogP contribution in [-0.4, -0.2) is 18.6 Å². The molecule has 1 aromatic carbocycles. The molecule has 0 atom stereocenters. The second kappa shape index (κ2) is 6.48. The van der Waals surface area contributed by atoms with Gasteiger partial charge in [-0.3, -0.25) is 0 Å². The van der Waals surface area contributed by atoms with Crippen molar-refractivity contribution in [3.8, 4) is 0 Å². The minimum absolute atomic E-state index is 0.240. The van der Waals surface area contributed by atoms with Gasteiger partial charge in [0.15, 0.2) is 0 Å². The molecule has 0 saturated carbocycles. The maximum Gasteiger partial charge on any atom is 0.135 e. The lowest BCUT2D eigenvalue weighted by Crippen LogP contribution is -2.15. The van der Waals surface area contributed by atoms with E-state index in [9.17, 15) is 4.39 Å². The molecule has 0 aliphatic rings. The van der Waals surface area contributed by atoms with Gasteiger partial charge in [-0.25, -0.2) is 9.37 Å². The van der Waals surface area contributed by atoms with Crippen LogP contribution in [0.5, 0.6) is 0 Å². The molecule has 0 radical (unpaired) electrons. The van der Waals surface area contributed by atoms with Crippen molar-refractivity contribution >= 4 is 11.5 Å². The average molecular weight is 273 g/mol. The maximum atomic E-state index is 13.3. The predicted molar refractivity (Wildman–Crippen MR) is 80.8 cm³/mol. The van der Waals surface area contributed by atoms with Crippen molar-refractivity contribution in [2.45, 2.75) is 20.4 Å². The number of benzene rings is 1. The Bertz CT molecular complexity index is 584. The molecular formula is C16H20FN3. The normalized spacial score (nSPS) is 10.6. The smallest absolute Gasteiger partial charge is 0.135 e. The Hall–Kier alpha value is -1.94. The number of hydrogen-bond donors (Lipinski definition) is 1. The van der Waals surface area contributed by atoms with Gasteiger partial charge in [-0.1, -0.05) is 13.0 Å². The van der Waals surface area contributed by atoms with Crippen molar-refractivity contribution in [3.63, 3.8) is 0 Å². The van der Waals surface area contributed by atoms with E-state index >= 15 is 0 Å². The van der Waals surface area contributed by atoms with Crippen LogP contribution in [0.2, 0.25) is 0 Å². The number of hydrogen-bond acceptors (Lipinski definition) is 3. The van der Waals surface area contributed by atoms with Crippen LogP contribution in [0.3, 0.4) is 0 Å². The number of rotatable bonds is 5. The number of pyridine rings is 1. The van der Waals surface area contributed by atoms with E-state index in [2.05, 4.69) is 23.3 Å². The third-order valence-electron chi connectivity index (χ3n) is 3.20. The fourth-order valence-electron chi connectivity index (χ4n) is 2.15. The molecule has 0 amide bonds. The molecule has 0 fully saturated rings. The number of nitrogens with one attached hydrogen (secondary N) is 1. The molecule has 0 saturated heterocycles. The zero-order chi connectivity index (χ0) is 14.5. The van der Waals surface area contributed by atoms with E-state index in [0.717, 1.165) is 35.7 Å². The van der Waals surface area contributed by atoms with Crippen LogP contribution in [0.1, 0.15) is 18.1 Å². The quantitative estimate of drug-likeness (QED) is 0.905. The molecule has 106 valence electrons. The van der Waals surface area contributed by atoms with Crippen LogP contribution < -0.4 is 10.2 Å². The van der Waals surface area contributed by atoms with Crippen LogP contribution in [0, 0.1) is 12.7 Å². The highest BCUT2D eigenvalue weighted by molar-refractivity contribution is 5.62. The van der Waals surface area contributed by atoms with Gasteiger partial charge in [-0.05, 0) is 48.9 Å². The van der Waals surface area contributed by atoms with Gasteiger partial charge < -0.3 is 10.2 Å². The molecule has 0 spiro atoms. The Morgan fingerprint density at radius 2 is 2.10 bits per heavy atom. The van der Waals surface area contributed by atoms with Crippen molar-refractivity contribution in [1.29, 1.82) is 0 Å². The molecule has 4 heteroatoms. The summed E-state index contributed by atoms with van der Waals surface area (Å²) in [5.41, 5.74) is 3.02. The van der Waals surface area contributed by atoms with Crippen molar-refractivity contribution in [2.75, 3.05) is 18.5 Å². The molecule has 0 bridgehead atoms. The van der Waals surface area contributed by atoms with Crippen molar-refractivity contribution < 1.29 is 4.39 Å². The monoisotopic (exact) mass is 273 g/mol. The first-order valence-corrected chi connectivity index (χ1v) is 6.77. The fourth-order valence-corrected chi connectivity index (χ4v) is 2.15. The molecule has 1 aromatic heterocycles. The Morgan fingerprint density at radius 3 is 2.75 bits per heavy atom. The third-order valence-corrected chi connectivity index (χ3v) is 3.20. The summed E-state index contributed by atoms with van der Waals surface area (Å²) in [5, 5.41) is 3.28. The summed E-state index contributed by atoms with van der Waals surface area (Å²) in [6.07, 6.45) is 1.86. The molecule has 0 aliphatic heterocycles. The van der Waals surface area contributed by atoms with Crippen LogP contribution in [-0.2, 0) is 6.54 Å². The zero-order valence-electron chi connectivity index (χ0n) is 12.2. The number of nitrogens with zero attached hydrogens (tertiary/aromatic N) is 2. The number of anilines is 2. The molecule has 0 unspecified atom stereocenters. The molecule has 20 heavy (non-hydrogen) atoms. The molecule has 2 aromatic rings. The van der Waals surface area contributed by atoms with Crippen molar-refractivity contribution in [3.05, 3.63) is 53.5 Å². The minimum atomic E-state index is -0.240. The summed E-state index contributed by atoms with van der Waals surface area (Å²) < 4.78 is 13.3. The largest absolute Gasteiger partial charge is 0.329 e. The van der Waals surface area contributed by atoms with E-state index < -0.39 is 0 Å². The Kier molecular flexibility index (Phi) is 4.69. The van der Waals surface area contributed by atoms with Gasteiger partial charge in [0.1, 0.15) is 11.6 Å². The van der Waals surface area contributed by atoms with E-state index in [4.69, 9.17) is 0 Å². The highest BCUT2D eigenvalue weighted by Gasteiger charge is 2.09. The van der Waals surface area contributed by atoms with Gasteiger partial charge in [0.2, 0.25) is 0 Å². The molecular weight excluding hydrogens is 253 g/mol. The van der Waals surface area contributed by atoms with Crippen LogP contribution in [0.4, 0.5) is 15.9 Å². The summed E-state index contributed by atoms with van der Waals surface area (Å²) in [5.74, 6) is 0.603. The van der Waals surface area contributed by atoms with Gasteiger partial charge in [-0.2, -0.15) is 0 Å². The van der Waals surface area contributed by atoms with Gasteiger partial charge in [-0.15, -0.1) is 0 Å². The Morgan fingerprint density at radius 1 is 1.30 bits per heavy atom. The first-order valence-electron chi connectivity index (χ1n) is 6.77. The first kappa shape index (κ1) is 14.5. The van der Waals surface area contributed by atoms with E-state index in [1.807, 2.05) is 31.1 Å². The van der Waals surface area contributed by atoms with E-state index in [0.29, 0.717) is 0 Å². The van der Waals surface area contributed by atoms with Crippen molar-refractivity contribution in [2.24, 2.45) is 0 Å². The third kappa shape index (κ3) is 3.33. The summed E-state index contributed by atoms with van der Waals surface area (Å²) in [6.45, 7) is 5.85.